The molecule has 2 aromatic rings. The normalized spacial score (nSPS) is 14.4. The van der Waals surface area contributed by atoms with Gasteiger partial charge in [-0.2, -0.15) is 0 Å². The Kier molecular flexibility index (Phi) is 7.42. The lowest BCUT2D eigenvalue weighted by Crippen LogP contribution is -2.43. The molecule has 1 fully saturated rings. The molecule has 0 radical (unpaired) electrons. The highest BCUT2D eigenvalue weighted by molar-refractivity contribution is 5.91. The summed E-state index contributed by atoms with van der Waals surface area (Å²) < 4.78 is 5.19. The van der Waals surface area contributed by atoms with Crippen LogP contribution in [0.3, 0.4) is 0 Å². The monoisotopic (exact) mass is 425 g/mol. The van der Waals surface area contributed by atoms with Crippen LogP contribution in [0.25, 0.3) is 0 Å². The van der Waals surface area contributed by atoms with E-state index in [4.69, 9.17) is 4.74 Å². The second-order valence-electron chi connectivity index (χ2n) is 8.55. The fourth-order valence-electron chi connectivity index (χ4n) is 4.44. The van der Waals surface area contributed by atoms with Crippen LogP contribution in [0.2, 0.25) is 0 Å². The molecule has 6 heteroatoms. The van der Waals surface area contributed by atoms with Gasteiger partial charge in [-0.25, -0.2) is 9.59 Å². The van der Waals surface area contributed by atoms with Crippen molar-refractivity contribution >= 4 is 17.7 Å². The number of nitrogens with zero attached hydrogens (tertiary/aromatic N) is 1. The highest BCUT2D eigenvalue weighted by Gasteiger charge is 2.28. The molecule has 6 nitrogen and oxygen atoms in total. The molecular weight excluding hydrogens is 390 g/mol. The van der Waals surface area contributed by atoms with Crippen molar-refractivity contribution < 1.29 is 14.3 Å². The Labute approximate surface area is 185 Å². The number of carbonyl (C=O) groups is 2. The number of rotatable bonds is 6. The van der Waals surface area contributed by atoms with Crippen LogP contribution in [0.1, 0.15) is 77.5 Å². The van der Waals surface area contributed by atoms with Crippen LogP contribution in [0.15, 0.2) is 18.2 Å². The first-order chi connectivity index (χ1) is 14.8. The average molecular weight is 426 g/mol. The van der Waals surface area contributed by atoms with E-state index in [0.717, 1.165) is 59.3 Å². The van der Waals surface area contributed by atoms with Crippen LogP contribution in [0.5, 0.6) is 0 Å². The highest BCUT2D eigenvalue weighted by atomic mass is 16.5. The third kappa shape index (κ3) is 5.12. The Bertz CT molecular complexity index is 942. The van der Waals surface area contributed by atoms with E-state index >= 15 is 0 Å². The summed E-state index contributed by atoms with van der Waals surface area (Å²) in [5, 5.41) is 3.14. The number of hydrogen-bond donors (Lipinski definition) is 2. The summed E-state index contributed by atoms with van der Waals surface area (Å²) in [5.74, 6) is -0.349. The van der Waals surface area contributed by atoms with Crippen molar-refractivity contribution in [3.8, 4) is 0 Å². The standard InChI is InChI=1S/C25H35N3O3/c1-6-31-24(29)23-18(4)21(19(5)26-23)15-28(20-12-8-7-9-13-20)25(30)27-22-14-10-11-16(2)17(22)3/h10-11,14,20,26H,6-9,12-13,15H2,1-5H3,(H,27,30). The fourth-order valence-corrected chi connectivity index (χ4v) is 4.44. The second kappa shape index (κ2) is 10.0. The highest BCUT2D eigenvalue weighted by Crippen LogP contribution is 2.28. The third-order valence-corrected chi connectivity index (χ3v) is 6.52. The van der Waals surface area contributed by atoms with Gasteiger partial charge in [-0.15, -0.1) is 0 Å². The maximum Gasteiger partial charge on any atom is 0.355 e. The summed E-state index contributed by atoms with van der Waals surface area (Å²) in [7, 11) is 0. The summed E-state index contributed by atoms with van der Waals surface area (Å²) in [6, 6.07) is 6.07. The maximum absolute atomic E-state index is 13.5. The van der Waals surface area contributed by atoms with E-state index in [0.29, 0.717) is 18.8 Å². The molecule has 2 amide bonds. The van der Waals surface area contributed by atoms with Crippen molar-refractivity contribution in [3.05, 3.63) is 51.8 Å². The first kappa shape index (κ1) is 22.9. The molecule has 0 spiro atoms. The Balaban J connectivity index is 1.89. The minimum absolute atomic E-state index is 0.0849. The molecule has 0 aliphatic heterocycles. The number of aromatic nitrogens is 1. The molecular formula is C25H35N3O3. The molecule has 3 rings (SSSR count). The number of aryl methyl sites for hydroxylation is 2. The van der Waals surface area contributed by atoms with E-state index in [9.17, 15) is 9.59 Å². The molecule has 1 aliphatic rings. The molecule has 1 aliphatic carbocycles. The molecule has 0 saturated heterocycles. The zero-order chi connectivity index (χ0) is 22.5. The Morgan fingerprint density at radius 2 is 1.81 bits per heavy atom. The lowest BCUT2D eigenvalue weighted by Gasteiger charge is -2.35. The number of H-pyrrole nitrogens is 1. The number of aromatic amines is 1. The quantitative estimate of drug-likeness (QED) is 0.575. The zero-order valence-electron chi connectivity index (χ0n) is 19.4. The molecule has 1 saturated carbocycles. The van der Waals surface area contributed by atoms with Crippen molar-refractivity contribution in [2.75, 3.05) is 11.9 Å². The van der Waals surface area contributed by atoms with Gasteiger partial charge in [-0.3, -0.25) is 0 Å². The summed E-state index contributed by atoms with van der Waals surface area (Å²) in [6.07, 6.45) is 5.51. The second-order valence-corrected chi connectivity index (χ2v) is 8.55. The Morgan fingerprint density at radius 3 is 2.48 bits per heavy atom. The molecule has 0 bridgehead atoms. The van der Waals surface area contributed by atoms with E-state index in [-0.39, 0.29) is 18.0 Å². The summed E-state index contributed by atoms with van der Waals surface area (Å²) in [4.78, 5) is 30.9. The van der Waals surface area contributed by atoms with Crippen LogP contribution in [0.4, 0.5) is 10.5 Å². The van der Waals surface area contributed by atoms with Gasteiger partial charge in [0.15, 0.2) is 0 Å². The van der Waals surface area contributed by atoms with Crippen molar-refractivity contribution in [2.24, 2.45) is 0 Å². The van der Waals surface area contributed by atoms with E-state index in [1.807, 2.05) is 50.8 Å². The number of ether oxygens (including phenoxy) is 1. The number of anilines is 1. The molecule has 2 N–H and O–H groups in total. The number of esters is 1. The molecule has 1 aromatic carbocycles. The fraction of sp³-hybridized carbons (Fsp3) is 0.520. The van der Waals surface area contributed by atoms with Gasteiger partial charge in [-0.05, 0) is 75.8 Å². The van der Waals surface area contributed by atoms with Crippen molar-refractivity contribution in [1.29, 1.82) is 0 Å². The van der Waals surface area contributed by atoms with Crippen LogP contribution in [-0.2, 0) is 11.3 Å². The third-order valence-electron chi connectivity index (χ3n) is 6.52. The van der Waals surface area contributed by atoms with E-state index in [1.54, 1.807) is 6.92 Å². The summed E-state index contributed by atoms with van der Waals surface area (Å²) in [5.41, 5.74) is 6.31. The van der Waals surface area contributed by atoms with Crippen LogP contribution < -0.4 is 5.32 Å². The molecule has 1 heterocycles. The molecule has 0 unspecified atom stereocenters. The number of amides is 2. The van der Waals surface area contributed by atoms with Gasteiger partial charge in [0.05, 0.1) is 6.61 Å². The zero-order valence-corrected chi connectivity index (χ0v) is 19.4. The van der Waals surface area contributed by atoms with E-state index in [1.165, 1.54) is 6.42 Å². The number of carbonyl (C=O) groups excluding carboxylic acids is 2. The number of benzene rings is 1. The largest absolute Gasteiger partial charge is 0.461 e. The first-order valence-electron chi connectivity index (χ1n) is 11.3. The van der Waals surface area contributed by atoms with Gasteiger partial charge >= 0.3 is 12.0 Å². The number of hydrogen-bond acceptors (Lipinski definition) is 3. The van der Waals surface area contributed by atoms with Gasteiger partial charge < -0.3 is 19.9 Å². The lowest BCUT2D eigenvalue weighted by atomic mass is 9.93. The van der Waals surface area contributed by atoms with Gasteiger partial charge in [-0.1, -0.05) is 31.4 Å². The first-order valence-corrected chi connectivity index (χ1v) is 11.3. The Morgan fingerprint density at radius 1 is 1.10 bits per heavy atom. The minimum atomic E-state index is -0.349. The van der Waals surface area contributed by atoms with Crippen molar-refractivity contribution in [2.45, 2.75) is 79.3 Å². The Hall–Kier alpha value is -2.76. The summed E-state index contributed by atoms with van der Waals surface area (Å²) >= 11 is 0. The van der Waals surface area contributed by atoms with Crippen LogP contribution >= 0.6 is 0 Å². The number of urea groups is 1. The van der Waals surface area contributed by atoms with Crippen LogP contribution in [0, 0.1) is 27.7 Å². The van der Waals surface area contributed by atoms with E-state index in [2.05, 4.69) is 10.3 Å². The lowest BCUT2D eigenvalue weighted by molar-refractivity contribution is 0.0519. The molecule has 31 heavy (non-hydrogen) atoms. The van der Waals surface area contributed by atoms with Gasteiger partial charge in [0.2, 0.25) is 0 Å². The topological polar surface area (TPSA) is 74.4 Å². The maximum atomic E-state index is 13.5. The van der Waals surface area contributed by atoms with Gasteiger partial charge in [0.1, 0.15) is 5.69 Å². The van der Waals surface area contributed by atoms with Crippen molar-refractivity contribution in [1.82, 2.24) is 9.88 Å². The van der Waals surface area contributed by atoms with Gasteiger partial charge in [0.25, 0.3) is 0 Å². The predicted molar refractivity (Wildman–Crippen MR) is 124 cm³/mol. The predicted octanol–water partition coefficient (Wildman–Crippen LogP) is 5.79. The van der Waals surface area contributed by atoms with E-state index < -0.39 is 0 Å². The van der Waals surface area contributed by atoms with Crippen LogP contribution in [-0.4, -0.2) is 34.5 Å². The molecule has 0 atom stereocenters. The smallest absolute Gasteiger partial charge is 0.355 e. The number of nitrogens with one attached hydrogen (secondary N) is 2. The van der Waals surface area contributed by atoms with Gasteiger partial charge in [0, 0.05) is 24.0 Å². The average Bonchev–Trinajstić information content (AvgIpc) is 3.04. The molecule has 1 aromatic heterocycles. The van der Waals surface area contributed by atoms with Crippen molar-refractivity contribution in [3.63, 3.8) is 0 Å². The summed E-state index contributed by atoms with van der Waals surface area (Å²) in [6.45, 7) is 10.5. The minimum Gasteiger partial charge on any atom is -0.461 e. The molecule has 168 valence electrons. The SMILES string of the molecule is CCOC(=O)c1[nH]c(C)c(CN(C(=O)Nc2cccc(C)c2C)C2CCCCC2)c1C.